The Morgan fingerprint density at radius 1 is 1.15 bits per heavy atom. The summed E-state index contributed by atoms with van der Waals surface area (Å²) in [7, 11) is 4.88. The van der Waals surface area contributed by atoms with E-state index in [1.165, 1.54) is 34.5 Å². The first-order valence-electron chi connectivity index (χ1n) is 11.4. The predicted molar refractivity (Wildman–Crippen MR) is 134 cm³/mol. The number of benzene rings is 1. The summed E-state index contributed by atoms with van der Waals surface area (Å²) in [5, 5.41) is 0.693. The SMILES string of the molecule is CN(C(=O)CSc1nc(C(C)(C)C)nc2c1c(=O)n(C)c(=O)n2C)[C@@H]1CCCc2ccccc21. The lowest BCUT2D eigenvalue weighted by Crippen LogP contribution is -2.38. The third-order valence-corrected chi connectivity index (χ3v) is 7.43. The van der Waals surface area contributed by atoms with Crippen molar-refractivity contribution in [1.29, 1.82) is 0 Å². The number of amides is 1. The number of thioether (sulfide) groups is 1. The molecule has 0 bridgehead atoms. The van der Waals surface area contributed by atoms with Crippen molar-refractivity contribution in [2.24, 2.45) is 14.1 Å². The number of hydrogen-bond acceptors (Lipinski definition) is 6. The van der Waals surface area contributed by atoms with E-state index in [-0.39, 0.29) is 28.7 Å². The average molecular weight is 482 g/mol. The van der Waals surface area contributed by atoms with Crippen molar-refractivity contribution in [3.8, 4) is 0 Å². The topological polar surface area (TPSA) is 90.1 Å². The number of nitrogens with zero attached hydrogens (tertiary/aromatic N) is 5. The lowest BCUT2D eigenvalue weighted by molar-refractivity contribution is -0.129. The average Bonchev–Trinajstić information content (AvgIpc) is 2.82. The lowest BCUT2D eigenvalue weighted by Gasteiger charge is -2.33. The van der Waals surface area contributed by atoms with Crippen LogP contribution in [0, 0.1) is 0 Å². The molecular formula is C25H31N5O3S. The van der Waals surface area contributed by atoms with Gasteiger partial charge in [0.05, 0.1) is 11.8 Å². The van der Waals surface area contributed by atoms with Gasteiger partial charge in [-0.1, -0.05) is 56.8 Å². The molecule has 1 aliphatic carbocycles. The van der Waals surface area contributed by atoms with Crippen LogP contribution >= 0.6 is 11.8 Å². The molecule has 0 aliphatic heterocycles. The van der Waals surface area contributed by atoms with Gasteiger partial charge in [0.2, 0.25) is 5.91 Å². The van der Waals surface area contributed by atoms with E-state index in [2.05, 4.69) is 22.1 Å². The number of hydrogen-bond donors (Lipinski definition) is 0. The smallest absolute Gasteiger partial charge is 0.332 e. The molecule has 0 fully saturated rings. The minimum Gasteiger partial charge on any atom is -0.338 e. The van der Waals surface area contributed by atoms with Crippen LogP contribution in [0.2, 0.25) is 0 Å². The fraction of sp³-hybridized carbons (Fsp3) is 0.480. The zero-order valence-corrected chi connectivity index (χ0v) is 21.4. The Morgan fingerprint density at radius 2 is 1.85 bits per heavy atom. The van der Waals surface area contributed by atoms with Gasteiger partial charge in [0.25, 0.3) is 5.56 Å². The first kappa shape index (κ1) is 24.2. The molecule has 0 saturated heterocycles. The van der Waals surface area contributed by atoms with E-state index in [1.54, 1.807) is 7.05 Å². The molecule has 8 nitrogen and oxygen atoms in total. The van der Waals surface area contributed by atoms with Gasteiger partial charge in [0.15, 0.2) is 5.65 Å². The minimum absolute atomic E-state index is 0.0302. The van der Waals surface area contributed by atoms with Gasteiger partial charge in [-0.25, -0.2) is 14.8 Å². The summed E-state index contributed by atoms with van der Waals surface area (Å²) in [6.07, 6.45) is 3.01. The van der Waals surface area contributed by atoms with Crippen LogP contribution in [0.15, 0.2) is 38.9 Å². The van der Waals surface area contributed by atoms with Crippen molar-refractivity contribution in [1.82, 2.24) is 24.0 Å². The Bertz CT molecular complexity index is 1390. The summed E-state index contributed by atoms with van der Waals surface area (Å²) >= 11 is 1.23. The Kier molecular flexibility index (Phi) is 6.42. The maximum Gasteiger partial charge on any atom is 0.332 e. The van der Waals surface area contributed by atoms with E-state index in [0.717, 1.165) is 23.8 Å². The quantitative estimate of drug-likeness (QED) is 0.420. The second-order valence-electron chi connectivity index (χ2n) is 9.91. The van der Waals surface area contributed by atoms with Crippen molar-refractivity contribution in [3.63, 3.8) is 0 Å². The fourth-order valence-corrected chi connectivity index (χ4v) is 5.34. The number of carbonyl (C=O) groups excluding carboxylic acids is 1. The third-order valence-electron chi connectivity index (χ3n) is 6.47. The molecule has 180 valence electrons. The van der Waals surface area contributed by atoms with Crippen molar-refractivity contribution >= 4 is 28.7 Å². The van der Waals surface area contributed by atoms with Crippen LogP contribution in [0.4, 0.5) is 0 Å². The van der Waals surface area contributed by atoms with E-state index in [9.17, 15) is 14.4 Å². The summed E-state index contributed by atoms with van der Waals surface area (Å²) in [6, 6.07) is 8.34. The molecule has 2 aromatic heterocycles. The van der Waals surface area contributed by atoms with Gasteiger partial charge in [0, 0.05) is 26.6 Å². The number of carbonyl (C=O) groups is 1. The second kappa shape index (κ2) is 9.02. The molecule has 0 saturated carbocycles. The van der Waals surface area contributed by atoms with E-state index >= 15 is 0 Å². The van der Waals surface area contributed by atoms with Crippen LogP contribution in [0.5, 0.6) is 0 Å². The molecule has 34 heavy (non-hydrogen) atoms. The summed E-state index contributed by atoms with van der Waals surface area (Å²) in [6.45, 7) is 5.92. The molecule has 1 aromatic carbocycles. The maximum absolute atomic E-state index is 13.2. The number of fused-ring (bicyclic) bond motifs is 2. The van der Waals surface area contributed by atoms with Crippen molar-refractivity contribution in [3.05, 3.63) is 62.1 Å². The molecule has 0 radical (unpaired) electrons. The molecule has 0 N–H and O–H groups in total. The zero-order chi connectivity index (χ0) is 24.8. The van der Waals surface area contributed by atoms with Crippen LogP contribution < -0.4 is 11.2 Å². The minimum atomic E-state index is -0.455. The normalized spacial score (nSPS) is 15.9. The van der Waals surface area contributed by atoms with Gasteiger partial charge >= 0.3 is 5.69 Å². The third kappa shape index (κ3) is 4.29. The van der Waals surface area contributed by atoms with Gasteiger partial charge in [-0.2, -0.15) is 0 Å². The summed E-state index contributed by atoms with van der Waals surface area (Å²) in [5.74, 6) is 0.627. The lowest BCUT2D eigenvalue weighted by atomic mass is 9.87. The fourth-order valence-electron chi connectivity index (χ4n) is 4.41. The summed E-state index contributed by atoms with van der Waals surface area (Å²) in [5.41, 5.74) is 1.50. The molecule has 0 unspecified atom stereocenters. The highest BCUT2D eigenvalue weighted by molar-refractivity contribution is 8.00. The summed E-state index contributed by atoms with van der Waals surface area (Å²) in [4.78, 5) is 49.8. The van der Waals surface area contributed by atoms with E-state index in [1.807, 2.05) is 44.9 Å². The number of aromatic nitrogens is 4. The first-order valence-corrected chi connectivity index (χ1v) is 12.4. The molecule has 9 heteroatoms. The van der Waals surface area contributed by atoms with Crippen LogP contribution in [0.3, 0.4) is 0 Å². The van der Waals surface area contributed by atoms with Crippen LogP contribution in [0.25, 0.3) is 11.0 Å². The number of rotatable bonds is 4. The molecule has 1 atom stereocenters. The monoisotopic (exact) mass is 481 g/mol. The van der Waals surface area contributed by atoms with Crippen molar-refractivity contribution in [2.45, 2.75) is 56.5 Å². The Morgan fingerprint density at radius 3 is 2.56 bits per heavy atom. The highest BCUT2D eigenvalue weighted by atomic mass is 32.2. The van der Waals surface area contributed by atoms with Crippen LogP contribution in [-0.2, 0) is 30.7 Å². The largest absolute Gasteiger partial charge is 0.338 e. The van der Waals surface area contributed by atoms with Gasteiger partial charge in [-0.05, 0) is 30.4 Å². The van der Waals surface area contributed by atoms with Crippen LogP contribution in [-0.4, -0.2) is 42.7 Å². The van der Waals surface area contributed by atoms with Crippen molar-refractivity contribution in [2.75, 3.05) is 12.8 Å². The zero-order valence-electron chi connectivity index (χ0n) is 20.6. The van der Waals surface area contributed by atoms with Gasteiger partial charge in [0.1, 0.15) is 16.2 Å². The highest BCUT2D eigenvalue weighted by Gasteiger charge is 2.28. The van der Waals surface area contributed by atoms with E-state index in [0.29, 0.717) is 10.9 Å². The van der Waals surface area contributed by atoms with Gasteiger partial charge in [-0.3, -0.25) is 18.7 Å². The molecule has 0 spiro atoms. The van der Waals surface area contributed by atoms with Crippen LogP contribution in [0.1, 0.15) is 56.6 Å². The summed E-state index contributed by atoms with van der Waals surface area (Å²) < 4.78 is 2.42. The molecule has 4 rings (SSSR count). The Balaban J connectivity index is 1.69. The number of aryl methyl sites for hydroxylation is 2. The highest BCUT2D eigenvalue weighted by Crippen LogP contribution is 2.34. The van der Waals surface area contributed by atoms with Gasteiger partial charge in [-0.15, -0.1) is 0 Å². The molecule has 1 amide bonds. The molecule has 2 heterocycles. The first-order chi connectivity index (χ1) is 16.0. The van der Waals surface area contributed by atoms with E-state index in [4.69, 9.17) is 0 Å². The van der Waals surface area contributed by atoms with Gasteiger partial charge < -0.3 is 4.90 Å². The molecule has 1 aliphatic rings. The maximum atomic E-state index is 13.2. The molecule has 3 aromatic rings. The second-order valence-corrected chi connectivity index (χ2v) is 10.9. The predicted octanol–water partition coefficient (Wildman–Crippen LogP) is 2.95. The molecular weight excluding hydrogens is 450 g/mol. The Hall–Kier alpha value is -2.94. The van der Waals surface area contributed by atoms with E-state index < -0.39 is 16.7 Å². The standard InChI is InChI=1S/C25H31N5O3S/c1-25(2,3)23-26-20-19(22(32)30(6)24(33)29(20)5)21(27-23)34-14-18(31)28(4)17-13-9-11-15-10-7-8-12-16(15)17/h7-8,10,12,17H,9,11,13-14H2,1-6H3/t17-/m1/s1. The van der Waals surface area contributed by atoms with Crippen molar-refractivity contribution < 1.29 is 4.79 Å². The Labute approximate surface area is 203 Å².